The van der Waals surface area contributed by atoms with Crippen LogP contribution in [-0.2, 0) is 11.3 Å². The molecule has 0 bridgehead atoms. The molecule has 2 N–H and O–H groups in total. The monoisotopic (exact) mass is 465 g/mol. The van der Waals surface area contributed by atoms with Crippen LogP contribution in [0, 0.1) is 17.0 Å². The summed E-state index contributed by atoms with van der Waals surface area (Å²) in [6.07, 6.45) is 0. The molecule has 3 aromatic rings. The fourth-order valence-corrected chi connectivity index (χ4v) is 5.30. The molecule has 1 aliphatic carbocycles. The van der Waals surface area contributed by atoms with Gasteiger partial charge >= 0.3 is 0 Å². The van der Waals surface area contributed by atoms with Crippen molar-refractivity contribution in [2.45, 2.75) is 38.0 Å². The molecular formula is C23H19N3O6S. The lowest BCUT2D eigenvalue weighted by atomic mass is 9.82. The number of aromatic nitrogens is 1. The molecule has 168 valence electrons. The number of nitro groups is 1. The first-order valence-corrected chi connectivity index (χ1v) is 11.1. The van der Waals surface area contributed by atoms with Gasteiger partial charge in [-0.1, -0.05) is 38.1 Å². The summed E-state index contributed by atoms with van der Waals surface area (Å²) in [7, 11) is 0. The molecule has 33 heavy (non-hydrogen) atoms. The highest BCUT2D eigenvalue weighted by Crippen LogP contribution is 2.59. The second-order valence-electron chi connectivity index (χ2n) is 8.41. The summed E-state index contributed by atoms with van der Waals surface area (Å²) in [5.41, 5.74) is 0.185. The van der Waals surface area contributed by atoms with Gasteiger partial charge in [-0.15, -0.1) is 11.3 Å². The molecule has 0 spiro atoms. The van der Waals surface area contributed by atoms with Crippen LogP contribution in [0.25, 0.3) is 0 Å². The Balaban J connectivity index is 1.77. The number of rotatable bonds is 4. The molecule has 2 atom stereocenters. The highest BCUT2D eigenvalue weighted by atomic mass is 32.1. The van der Waals surface area contributed by atoms with Crippen LogP contribution in [0.15, 0.2) is 41.9 Å². The maximum Gasteiger partial charge on any atom is 0.280 e. The standard InChI is InChI=1S/C23H19N3O6S/c1-11(2)13-7-8-14-17(9-13)32-23(29)15-5-4-6-16(26(30)31)18(15)20(27)22(14,23)25-21(28)19-12(3)24-10-33-19/h4-11,29H,1-3H3,(H,25,28). The normalized spacial score (nSPS) is 22.5. The van der Waals surface area contributed by atoms with Gasteiger partial charge < -0.3 is 15.2 Å². The van der Waals surface area contributed by atoms with Gasteiger partial charge in [0.25, 0.3) is 17.4 Å². The van der Waals surface area contributed by atoms with E-state index in [0.29, 0.717) is 5.69 Å². The number of nitrogens with zero attached hydrogens (tertiary/aromatic N) is 2. The number of thiazole rings is 1. The van der Waals surface area contributed by atoms with E-state index in [4.69, 9.17) is 4.74 Å². The first-order chi connectivity index (χ1) is 15.6. The first-order valence-electron chi connectivity index (χ1n) is 10.2. The maximum absolute atomic E-state index is 13.9. The fraction of sp³-hybridized carbons (Fsp3) is 0.261. The van der Waals surface area contributed by atoms with Crippen molar-refractivity contribution in [1.82, 2.24) is 10.3 Å². The lowest BCUT2D eigenvalue weighted by Gasteiger charge is -2.34. The molecule has 9 nitrogen and oxygen atoms in total. The van der Waals surface area contributed by atoms with Crippen LogP contribution >= 0.6 is 11.3 Å². The molecule has 5 rings (SSSR count). The van der Waals surface area contributed by atoms with E-state index >= 15 is 0 Å². The number of benzene rings is 2. The molecule has 2 aliphatic rings. The third-order valence-electron chi connectivity index (χ3n) is 6.27. The van der Waals surface area contributed by atoms with Gasteiger partial charge in [-0.3, -0.25) is 19.7 Å². The Morgan fingerprint density at radius 3 is 2.67 bits per heavy atom. The zero-order chi connectivity index (χ0) is 23.7. The predicted molar refractivity (Wildman–Crippen MR) is 118 cm³/mol. The van der Waals surface area contributed by atoms with E-state index in [1.54, 1.807) is 25.1 Å². The highest BCUT2D eigenvalue weighted by molar-refractivity contribution is 7.11. The van der Waals surface area contributed by atoms with E-state index in [9.17, 15) is 24.8 Å². The Morgan fingerprint density at radius 2 is 2.03 bits per heavy atom. The van der Waals surface area contributed by atoms with Crippen LogP contribution in [0.2, 0.25) is 0 Å². The molecule has 1 aliphatic heterocycles. The fourth-order valence-electron chi connectivity index (χ4n) is 4.60. The van der Waals surface area contributed by atoms with Crippen molar-refractivity contribution < 1.29 is 24.4 Å². The smallest absolute Gasteiger partial charge is 0.280 e. The van der Waals surface area contributed by atoms with Crippen LogP contribution in [0.4, 0.5) is 5.69 Å². The van der Waals surface area contributed by atoms with Gasteiger partial charge in [0.1, 0.15) is 16.2 Å². The molecule has 0 saturated carbocycles. The minimum Gasteiger partial charge on any atom is -0.454 e. The summed E-state index contributed by atoms with van der Waals surface area (Å²) in [6, 6.07) is 9.09. The number of amides is 1. The van der Waals surface area contributed by atoms with Crippen molar-refractivity contribution in [3.8, 4) is 5.75 Å². The molecule has 1 aromatic heterocycles. The SMILES string of the molecule is Cc1ncsc1C(=O)NC12C(=O)c3c([N+](=O)[O-])cccc3C1(O)Oc1cc(C(C)C)ccc12. The van der Waals surface area contributed by atoms with Gasteiger partial charge in [0.05, 0.1) is 16.1 Å². The Morgan fingerprint density at radius 1 is 1.27 bits per heavy atom. The highest BCUT2D eigenvalue weighted by Gasteiger charge is 2.73. The van der Waals surface area contributed by atoms with Crippen LogP contribution in [0.1, 0.15) is 62.2 Å². The summed E-state index contributed by atoms with van der Waals surface area (Å²) < 4.78 is 5.98. The second-order valence-corrected chi connectivity index (χ2v) is 9.27. The van der Waals surface area contributed by atoms with Gasteiger partial charge in [-0.25, -0.2) is 4.98 Å². The first kappa shape index (κ1) is 21.2. The van der Waals surface area contributed by atoms with Gasteiger partial charge in [-0.05, 0) is 24.5 Å². The number of carbonyl (C=O) groups excluding carboxylic acids is 2. The zero-order valence-corrected chi connectivity index (χ0v) is 18.7. The van der Waals surface area contributed by atoms with Crippen LogP contribution in [0.3, 0.4) is 0 Å². The van der Waals surface area contributed by atoms with E-state index in [1.807, 2.05) is 13.8 Å². The van der Waals surface area contributed by atoms with Crippen molar-refractivity contribution in [2.75, 3.05) is 0 Å². The Kier molecular flexibility index (Phi) is 4.46. The Labute approximate surface area is 192 Å². The third kappa shape index (κ3) is 2.64. The number of aliphatic hydroxyl groups is 1. The number of carbonyl (C=O) groups is 2. The van der Waals surface area contributed by atoms with Gasteiger partial charge in [0, 0.05) is 17.2 Å². The number of ketones is 1. The van der Waals surface area contributed by atoms with Gasteiger partial charge in [-0.2, -0.15) is 0 Å². The maximum atomic E-state index is 13.9. The van der Waals surface area contributed by atoms with Crippen molar-refractivity contribution in [3.63, 3.8) is 0 Å². The summed E-state index contributed by atoms with van der Waals surface area (Å²) in [5.74, 6) is -3.43. The summed E-state index contributed by atoms with van der Waals surface area (Å²) in [6.45, 7) is 5.62. The van der Waals surface area contributed by atoms with Crippen LogP contribution < -0.4 is 10.1 Å². The number of nitrogens with one attached hydrogen (secondary N) is 1. The summed E-state index contributed by atoms with van der Waals surface area (Å²) in [4.78, 5) is 42.5. The molecule has 0 fully saturated rings. The van der Waals surface area contributed by atoms with Crippen molar-refractivity contribution in [1.29, 1.82) is 0 Å². The van der Waals surface area contributed by atoms with Gasteiger partial charge in [0.2, 0.25) is 11.3 Å². The number of fused-ring (bicyclic) bond motifs is 5. The predicted octanol–water partition coefficient (Wildman–Crippen LogP) is 3.54. The Hall–Kier alpha value is -3.63. The number of hydrogen-bond acceptors (Lipinski definition) is 8. The summed E-state index contributed by atoms with van der Waals surface area (Å²) in [5, 5.41) is 26.3. The average molecular weight is 465 g/mol. The van der Waals surface area contributed by atoms with Crippen molar-refractivity contribution in [3.05, 3.63) is 84.8 Å². The average Bonchev–Trinajstić information content (AvgIpc) is 3.36. The largest absolute Gasteiger partial charge is 0.454 e. The zero-order valence-electron chi connectivity index (χ0n) is 17.9. The van der Waals surface area contributed by atoms with Crippen LogP contribution in [-0.4, -0.2) is 26.7 Å². The number of aryl methyl sites for hydroxylation is 1. The molecule has 2 unspecified atom stereocenters. The van der Waals surface area contributed by atoms with E-state index in [1.165, 1.54) is 23.7 Å². The van der Waals surface area contributed by atoms with Crippen LogP contribution in [0.5, 0.6) is 5.75 Å². The number of hydrogen-bond donors (Lipinski definition) is 2. The van der Waals surface area contributed by atoms with E-state index in [-0.39, 0.29) is 33.2 Å². The molecular weight excluding hydrogens is 446 g/mol. The summed E-state index contributed by atoms with van der Waals surface area (Å²) >= 11 is 1.09. The van der Waals surface area contributed by atoms with E-state index in [0.717, 1.165) is 16.9 Å². The van der Waals surface area contributed by atoms with Gasteiger partial charge in [0.15, 0.2) is 0 Å². The van der Waals surface area contributed by atoms with E-state index in [2.05, 4.69) is 10.3 Å². The molecule has 2 heterocycles. The molecule has 10 heteroatoms. The molecule has 0 radical (unpaired) electrons. The lowest BCUT2D eigenvalue weighted by molar-refractivity contribution is -0.385. The quantitative estimate of drug-likeness (QED) is 0.445. The van der Waals surface area contributed by atoms with Crippen molar-refractivity contribution >= 4 is 28.7 Å². The number of nitro benzene ring substituents is 1. The topological polar surface area (TPSA) is 132 Å². The third-order valence-corrected chi connectivity index (χ3v) is 7.19. The minimum atomic E-state index is -2.36. The molecule has 0 saturated heterocycles. The second kappa shape index (κ2) is 6.93. The number of ether oxygens (including phenoxy) is 1. The number of Topliss-reactive ketones (excluding diaryl/α,β-unsaturated/α-hetero) is 1. The molecule has 1 amide bonds. The lowest BCUT2D eigenvalue weighted by Crippen LogP contribution is -2.60. The van der Waals surface area contributed by atoms with E-state index < -0.39 is 33.6 Å². The van der Waals surface area contributed by atoms with Crippen molar-refractivity contribution in [2.24, 2.45) is 0 Å². The molecule has 2 aromatic carbocycles. The minimum absolute atomic E-state index is 0.0645. The Bertz CT molecular complexity index is 1370.